The van der Waals surface area contributed by atoms with Gasteiger partial charge in [-0.15, -0.1) is 0 Å². The number of amidine groups is 1. The van der Waals surface area contributed by atoms with Crippen molar-refractivity contribution >= 4 is 46.2 Å². The number of thioether (sulfide) groups is 1. The Morgan fingerprint density at radius 3 is 2.25 bits per heavy atom. The molecule has 32 heavy (non-hydrogen) atoms. The topological polar surface area (TPSA) is 70.8 Å². The van der Waals surface area contributed by atoms with Gasteiger partial charge >= 0.3 is 0 Å². The Kier molecular flexibility index (Phi) is 6.20. The second-order valence-electron chi connectivity index (χ2n) is 7.76. The van der Waals surface area contributed by atoms with Crippen LogP contribution in [-0.4, -0.2) is 75.6 Å². The number of rotatable bonds is 4. The summed E-state index contributed by atoms with van der Waals surface area (Å²) in [5.41, 5.74) is 1.98. The van der Waals surface area contributed by atoms with Crippen LogP contribution in [0.1, 0.15) is 5.76 Å². The molecule has 0 saturated carbocycles. The minimum absolute atomic E-state index is 0.0805. The molecule has 0 unspecified atom stereocenters. The molecule has 9 heteroatoms. The fourth-order valence-corrected chi connectivity index (χ4v) is 4.79. The normalized spacial score (nSPS) is 22.4. The number of hydrogen-bond donors (Lipinski definition) is 0. The third-order valence-corrected chi connectivity index (χ3v) is 6.72. The predicted octanol–water partition coefficient (Wildman–Crippen LogP) is 3.19. The zero-order valence-corrected chi connectivity index (χ0v) is 18.8. The molecule has 1 aromatic carbocycles. The van der Waals surface area contributed by atoms with Gasteiger partial charge in [-0.3, -0.25) is 9.69 Å². The number of amides is 1. The Balaban J connectivity index is 1.29. The Labute approximate surface area is 191 Å². The van der Waals surface area contributed by atoms with Crippen LogP contribution in [-0.2, 0) is 14.3 Å². The van der Waals surface area contributed by atoms with Crippen molar-refractivity contribution in [2.75, 3.05) is 69.5 Å². The van der Waals surface area contributed by atoms with Gasteiger partial charge in [-0.05, 0) is 42.1 Å². The maximum absolute atomic E-state index is 12.7. The zero-order chi connectivity index (χ0) is 21.9. The fraction of sp³-hybridized carbons (Fsp3) is 0.391. The van der Waals surface area contributed by atoms with Crippen molar-refractivity contribution in [1.29, 1.82) is 0 Å². The molecule has 0 N–H and O–H groups in total. The molecule has 1 aromatic heterocycles. The largest absolute Gasteiger partial charge is 0.441 e. The average molecular weight is 455 g/mol. The van der Waals surface area contributed by atoms with Crippen LogP contribution in [0.15, 0.2) is 50.7 Å². The Morgan fingerprint density at radius 1 is 0.906 bits per heavy atom. The second-order valence-corrected chi connectivity index (χ2v) is 8.77. The van der Waals surface area contributed by atoms with E-state index in [-0.39, 0.29) is 5.91 Å². The summed E-state index contributed by atoms with van der Waals surface area (Å²) in [5, 5.41) is 0.653. The first kappa shape index (κ1) is 21.1. The van der Waals surface area contributed by atoms with E-state index in [1.54, 1.807) is 18.0 Å². The van der Waals surface area contributed by atoms with Gasteiger partial charge < -0.3 is 23.7 Å². The summed E-state index contributed by atoms with van der Waals surface area (Å²) < 4.78 is 16.8. The van der Waals surface area contributed by atoms with Crippen molar-refractivity contribution in [3.63, 3.8) is 0 Å². The molecule has 3 aliphatic rings. The molecule has 5 rings (SSSR count). The molecule has 0 radical (unpaired) electrons. The van der Waals surface area contributed by atoms with Gasteiger partial charge in [0.1, 0.15) is 5.76 Å². The lowest BCUT2D eigenvalue weighted by Crippen LogP contribution is -2.36. The molecule has 0 atom stereocenters. The van der Waals surface area contributed by atoms with E-state index in [2.05, 4.69) is 21.9 Å². The standard InChI is InChI=1S/C23H26N4O4S/c1-25-22(28)20(16-19-6-7-21(31-19)27-10-14-30-15-11-27)32-23(25)24-17-2-4-18(5-3-17)26-8-12-29-13-9-26/h2-7,16H,8-15H2,1H3/b20-16+,24-23?. The lowest BCUT2D eigenvalue weighted by molar-refractivity contribution is -0.121. The first-order valence-corrected chi connectivity index (χ1v) is 11.6. The van der Waals surface area contributed by atoms with Crippen molar-refractivity contribution in [1.82, 2.24) is 4.90 Å². The lowest BCUT2D eigenvalue weighted by atomic mass is 10.2. The maximum Gasteiger partial charge on any atom is 0.266 e. The van der Waals surface area contributed by atoms with Gasteiger partial charge in [0.05, 0.1) is 37.0 Å². The molecule has 0 aliphatic carbocycles. The highest BCUT2D eigenvalue weighted by Gasteiger charge is 2.31. The molecule has 2 aromatic rings. The van der Waals surface area contributed by atoms with Gasteiger partial charge in [0.2, 0.25) is 0 Å². The first-order chi connectivity index (χ1) is 15.7. The SMILES string of the molecule is CN1C(=O)/C(=C\c2ccc(N3CCOCC3)o2)SC1=Nc1ccc(N2CCOCC2)cc1. The zero-order valence-electron chi connectivity index (χ0n) is 18.0. The summed E-state index contributed by atoms with van der Waals surface area (Å²) in [7, 11) is 1.75. The van der Waals surface area contributed by atoms with Crippen molar-refractivity contribution in [3.8, 4) is 0 Å². The molecule has 168 valence electrons. The molecule has 0 spiro atoms. The number of benzene rings is 1. The number of nitrogens with zero attached hydrogens (tertiary/aromatic N) is 4. The highest BCUT2D eigenvalue weighted by Crippen LogP contribution is 2.34. The molecular weight excluding hydrogens is 428 g/mol. The third kappa shape index (κ3) is 4.55. The van der Waals surface area contributed by atoms with Crippen molar-refractivity contribution in [2.45, 2.75) is 0 Å². The van der Waals surface area contributed by atoms with E-state index in [0.717, 1.165) is 56.7 Å². The van der Waals surface area contributed by atoms with Gasteiger partial charge in [0.15, 0.2) is 11.1 Å². The summed E-state index contributed by atoms with van der Waals surface area (Å²) in [6, 6.07) is 11.9. The van der Waals surface area contributed by atoms with Crippen LogP contribution >= 0.6 is 11.8 Å². The van der Waals surface area contributed by atoms with E-state index in [0.29, 0.717) is 29.0 Å². The van der Waals surface area contributed by atoms with E-state index in [1.165, 1.54) is 11.8 Å². The number of ether oxygens (including phenoxy) is 2. The minimum atomic E-state index is -0.0805. The Bertz CT molecular complexity index is 1020. The Morgan fingerprint density at radius 2 is 1.56 bits per heavy atom. The maximum atomic E-state index is 12.7. The van der Waals surface area contributed by atoms with Gasteiger partial charge in [0, 0.05) is 51.1 Å². The number of aliphatic imine (C=N–C) groups is 1. The van der Waals surface area contributed by atoms with Crippen LogP contribution in [0.2, 0.25) is 0 Å². The molecular formula is C23H26N4O4S. The minimum Gasteiger partial charge on any atom is -0.441 e. The summed E-state index contributed by atoms with van der Waals surface area (Å²) in [4.78, 5) is 24.1. The molecule has 3 fully saturated rings. The number of hydrogen-bond acceptors (Lipinski definition) is 8. The van der Waals surface area contributed by atoms with E-state index < -0.39 is 0 Å². The number of morpholine rings is 2. The van der Waals surface area contributed by atoms with Crippen LogP contribution in [0.4, 0.5) is 17.3 Å². The van der Waals surface area contributed by atoms with Gasteiger partial charge in [-0.25, -0.2) is 4.99 Å². The highest BCUT2D eigenvalue weighted by atomic mass is 32.2. The molecule has 0 bridgehead atoms. The second kappa shape index (κ2) is 9.40. The predicted molar refractivity (Wildman–Crippen MR) is 127 cm³/mol. The summed E-state index contributed by atoms with van der Waals surface area (Å²) in [5.74, 6) is 1.38. The number of carbonyl (C=O) groups is 1. The quantitative estimate of drug-likeness (QED) is 0.657. The van der Waals surface area contributed by atoms with Crippen LogP contribution in [0, 0.1) is 0 Å². The van der Waals surface area contributed by atoms with Gasteiger partial charge in [0.25, 0.3) is 5.91 Å². The van der Waals surface area contributed by atoms with Crippen molar-refractivity contribution in [3.05, 3.63) is 47.1 Å². The molecule has 3 saturated heterocycles. The van der Waals surface area contributed by atoms with Gasteiger partial charge in [-0.2, -0.15) is 0 Å². The summed E-state index contributed by atoms with van der Waals surface area (Å²) >= 11 is 1.36. The van der Waals surface area contributed by atoms with E-state index >= 15 is 0 Å². The average Bonchev–Trinajstić information content (AvgIpc) is 3.42. The number of furan rings is 1. The first-order valence-electron chi connectivity index (χ1n) is 10.8. The molecule has 1 amide bonds. The van der Waals surface area contributed by atoms with E-state index in [1.807, 2.05) is 24.3 Å². The molecule has 3 aliphatic heterocycles. The number of likely N-dealkylation sites (N-methyl/N-ethyl adjacent to an activating group) is 1. The third-order valence-electron chi connectivity index (χ3n) is 5.66. The van der Waals surface area contributed by atoms with Crippen LogP contribution in [0.3, 0.4) is 0 Å². The Hall–Kier alpha value is -2.75. The number of anilines is 2. The van der Waals surface area contributed by atoms with Crippen molar-refractivity contribution < 1.29 is 18.7 Å². The smallest absolute Gasteiger partial charge is 0.266 e. The number of carbonyl (C=O) groups excluding carboxylic acids is 1. The lowest BCUT2D eigenvalue weighted by Gasteiger charge is -2.28. The summed E-state index contributed by atoms with van der Waals surface area (Å²) in [6.45, 7) is 6.32. The van der Waals surface area contributed by atoms with Crippen LogP contribution in [0.25, 0.3) is 6.08 Å². The monoisotopic (exact) mass is 454 g/mol. The molecule has 4 heterocycles. The highest BCUT2D eigenvalue weighted by molar-refractivity contribution is 8.18. The van der Waals surface area contributed by atoms with E-state index in [4.69, 9.17) is 18.9 Å². The van der Waals surface area contributed by atoms with Gasteiger partial charge in [-0.1, -0.05) is 0 Å². The van der Waals surface area contributed by atoms with E-state index in [9.17, 15) is 4.79 Å². The molecule has 8 nitrogen and oxygen atoms in total. The fourth-order valence-electron chi connectivity index (χ4n) is 3.82. The van der Waals surface area contributed by atoms with Crippen LogP contribution in [0.5, 0.6) is 0 Å². The van der Waals surface area contributed by atoms with Crippen molar-refractivity contribution in [2.24, 2.45) is 4.99 Å². The summed E-state index contributed by atoms with van der Waals surface area (Å²) in [6.07, 6.45) is 1.79. The van der Waals surface area contributed by atoms with Crippen LogP contribution < -0.4 is 9.80 Å².